The predicted molar refractivity (Wildman–Crippen MR) is 63.7 cm³/mol. The van der Waals surface area contributed by atoms with E-state index < -0.39 is 5.97 Å². The van der Waals surface area contributed by atoms with E-state index in [-0.39, 0.29) is 11.4 Å². The summed E-state index contributed by atoms with van der Waals surface area (Å²) in [6.45, 7) is 1.57. The zero-order valence-corrected chi connectivity index (χ0v) is 10.5. The number of halogens is 1. The van der Waals surface area contributed by atoms with Gasteiger partial charge in [-0.2, -0.15) is 5.11 Å². The van der Waals surface area contributed by atoms with Gasteiger partial charge in [-0.1, -0.05) is 21.5 Å². The fourth-order valence-electron chi connectivity index (χ4n) is 1.41. The first-order chi connectivity index (χ1) is 8.13. The number of carbonyl (C=O) groups excluding carboxylic acids is 1. The Bertz CT molecular complexity index is 498. The van der Waals surface area contributed by atoms with Crippen molar-refractivity contribution in [1.29, 1.82) is 5.53 Å². The van der Waals surface area contributed by atoms with Crippen LogP contribution in [0.3, 0.4) is 0 Å². The van der Waals surface area contributed by atoms with Crippen molar-refractivity contribution in [1.82, 2.24) is 5.59 Å². The van der Waals surface area contributed by atoms with Gasteiger partial charge in [0.15, 0.2) is 5.70 Å². The van der Waals surface area contributed by atoms with Gasteiger partial charge >= 0.3 is 5.97 Å². The summed E-state index contributed by atoms with van der Waals surface area (Å²) in [7, 11) is 0. The molecule has 2 rings (SSSR count). The van der Waals surface area contributed by atoms with Gasteiger partial charge in [-0.15, -0.1) is 0 Å². The van der Waals surface area contributed by atoms with Crippen LogP contribution in [0.15, 0.2) is 45.2 Å². The zero-order chi connectivity index (χ0) is 12.4. The molecule has 0 atom stereocenters. The van der Waals surface area contributed by atoms with Crippen LogP contribution in [-0.4, -0.2) is 5.97 Å². The summed E-state index contributed by atoms with van der Waals surface area (Å²) < 4.78 is 0.931. The smallest absolute Gasteiger partial charge is 0.345 e. The Morgan fingerprint density at radius 3 is 2.71 bits per heavy atom. The molecule has 88 valence electrons. The summed E-state index contributed by atoms with van der Waals surface area (Å²) in [6.07, 6.45) is 0. The Hall–Kier alpha value is -1.73. The number of allylic oxidation sites excluding steroid dienone is 1. The van der Waals surface area contributed by atoms with E-state index in [1.807, 2.05) is 12.1 Å². The number of hydrogen-bond donors (Lipinski definition) is 2. The molecule has 1 aromatic rings. The number of benzene rings is 1. The van der Waals surface area contributed by atoms with Crippen LogP contribution >= 0.6 is 15.9 Å². The van der Waals surface area contributed by atoms with Gasteiger partial charge in [0.1, 0.15) is 0 Å². The molecular formula is C10H9BrN4O2. The summed E-state index contributed by atoms with van der Waals surface area (Å²) >= 11 is 3.33. The first-order valence-electron chi connectivity index (χ1n) is 4.74. The van der Waals surface area contributed by atoms with Crippen molar-refractivity contribution in [3.05, 3.63) is 40.1 Å². The number of rotatable bonds is 2. The van der Waals surface area contributed by atoms with Crippen molar-refractivity contribution < 1.29 is 9.63 Å². The predicted octanol–water partition coefficient (Wildman–Crippen LogP) is 2.49. The highest BCUT2D eigenvalue weighted by Crippen LogP contribution is 2.25. The minimum atomic E-state index is -0.554. The van der Waals surface area contributed by atoms with Crippen LogP contribution in [-0.2, 0) is 9.63 Å². The molecule has 1 aliphatic heterocycles. The molecule has 0 unspecified atom stereocenters. The van der Waals surface area contributed by atoms with Gasteiger partial charge in [0.25, 0.3) is 0 Å². The van der Waals surface area contributed by atoms with Crippen molar-refractivity contribution in [2.75, 3.05) is 5.01 Å². The summed E-state index contributed by atoms with van der Waals surface area (Å²) in [5.41, 5.74) is 10.6. The third-order valence-corrected chi connectivity index (χ3v) is 2.77. The minimum Gasteiger partial charge on any atom is -0.345 e. The first-order valence-corrected chi connectivity index (χ1v) is 5.53. The molecule has 0 aliphatic carbocycles. The van der Waals surface area contributed by atoms with Crippen molar-refractivity contribution in [2.45, 2.75) is 6.92 Å². The van der Waals surface area contributed by atoms with Gasteiger partial charge in [-0.3, -0.25) is 0 Å². The molecule has 1 saturated heterocycles. The molecule has 2 N–H and O–H groups in total. The lowest BCUT2D eigenvalue weighted by Crippen LogP contribution is -2.29. The van der Waals surface area contributed by atoms with E-state index in [4.69, 9.17) is 10.4 Å². The maximum atomic E-state index is 11.5. The molecule has 1 heterocycles. The number of anilines is 1. The first kappa shape index (κ1) is 11.7. The molecule has 0 spiro atoms. The lowest BCUT2D eigenvalue weighted by molar-refractivity contribution is -0.140. The highest BCUT2D eigenvalue weighted by molar-refractivity contribution is 9.10. The Kier molecular flexibility index (Phi) is 3.21. The average molecular weight is 297 g/mol. The molecule has 0 amide bonds. The fourth-order valence-corrected chi connectivity index (χ4v) is 1.67. The maximum Gasteiger partial charge on any atom is 0.378 e. The van der Waals surface area contributed by atoms with E-state index >= 15 is 0 Å². The van der Waals surface area contributed by atoms with Gasteiger partial charge < -0.3 is 4.84 Å². The van der Waals surface area contributed by atoms with Crippen LogP contribution in [0.5, 0.6) is 0 Å². The Morgan fingerprint density at radius 2 is 2.12 bits per heavy atom. The third kappa shape index (κ3) is 2.20. The number of carbonyl (C=O) groups is 1. The molecule has 0 bridgehead atoms. The molecule has 0 saturated carbocycles. The molecular weight excluding hydrogens is 288 g/mol. The summed E-state index contributed by atoms with van der Waals surface area (Å²) in [5, 5.41) is 4.70. The molecule has 7 heteroatoms. The summed E-state index contributed by atoms with van der Waals surface area (Å²) in [4.78, 5) is 16.2. The third-order valence-electron chi connectivity index (χ3n) is 2.24. The van der Waals surface area contributed by atoms with Gasteiger partial charge in [-0.05, 0) is 31.2 Å². The number of hydrogen-bond acceptors (Lipinski definition) is 6. The maximum absolute atomic E-state index is 11.5. The van der Waals surface area contributed by atoms with E-state index in [1.54, 1.807) is 19.1 Å². The lowest BCUT2D eigenvalue weighted by Gasteiger charge is -2.15. The molecule has 0 radical (unpaired) electrons. The second-order valence-electron chi connectivity index (χ2n) is 3.34. The van der Waals surface area contributed by atoms with Gasteiger partial charge in [0.05, 0.1) is 11.4 Å². The van der Waals surface area contributed by atoms with E-state index in [0.717, 1.165) is 10.2 Å². The molecule has 0 aromatic heterocycles. The van der Waals surface area contributed by atoms with Crippen LogP contribution in [0.25, 0.3) is 0 Å². The molecule has 1 aromatic carbocycles. The SMILES string of the molecule is C/C(N=N)=C1/C(=O)ONN1c1ccc(Br)cc1. The lowest BCUT2D eigenvalue weighted by atomic mass is 10.2. The second kappa shape index (κ2) is 4.64. The Balaban J connectivity index is 2.42. The zero-order valence-electron chi connectivity index (χ0n) is 8.90. The summed E-state index contributed by atoms with van der Waals surface area (Å²) in [5.74, 6) is -0.554. The van der Waals surface area contributed by atoms with Crippen molar-refractivity contribution in [3.8, 4) is 0 Å². The summed E-state index contributed by atoms with van der Waals surface area (Å²) in [6, 6.07) is 7.28. The topological polar surface area (TPSA) is 77.8 Å². The Morgan fingerprint density at radius 1 is 1.47 bits per heavy atom. The van der Waals surface area contributed by atoms with E-state index in [1.165, 1.54) is 5.01 Å². The van der Waals surface area contributed by atoms with Crippen LogP contribution in [0, 0.1) is 5.53 Å². The molecule has 1 fully saturated rings. The van der Waals surface area contributed by atoms with Crippen LogP contribution in [0.1, 0.15) is 6.92 Å². The number of nitrogens with one attached hydrogen (secondary N) is 2. The van der Waals surface area contributed by atoms with Gasteiger partial charge in [0, 0.05) is 4.47 Å². The van der Waals surface area contributed by atoms with Crippen LogP contribution < -0.4 is 10.6 Å². The quantitative estimate of drug-likeness (QED) is 0.649. The van der Waals surface area contributed by atoms with E-state index in [2.05, 4.69) is 26.6 Å². The van der Waals surface area contributed by atoms with Crippen molar-refractivity contribution >= 4 is 27.6 Å². The van der Waals surface area contributed by atoms with E-state index in [9.17, 15) is 4.79 Å². The standard InChI is InChI=1S/C10H9BrN4O2/c1-6(13-12)9-10(16)17-14-15(9)8-4-2-7(11)3-5-8/h2-5,12,14H,1H3/b9-6+,13-12?. The fraction of sp³-hybridized carbons (Fsp3) is 0.100. The molecule has 6 nitrogen and oxygen atoms in total. The Labute approximate surface area is 106 Å². The highest BCUT2D eigenvalue weighted by atomic mass is 79.9. The largest absolute Gasteiger partial charge is 0.378 e. The molecule has 17 heavy (non-hydrogen) atoms. The second-order valence-corrected chi connectivity index (χ2v) is 4.25. The van der Waals surface area contributed by atoms with Crippen LogP contribution in [0.2, 0.25) is 0 Å². The van der Waals surface area contributed by atoms with Gasteiger partial charge in [0.2, 0.25) is 0 Å². The number of nitrogens with zero attached hydrogens (tertiary/aromatic N) is 2. The van der Waals surface area contributed by atoms with Crippen molar-refractivity contribution in [3.63, 3.8) is 0 Å². The minimum absolute atomic E-state index is 0.210. The van der Waals surface area contributed by atoms with Gasteiger partial charge in [-0.25, -0.2) is 15.3 Å². The highest BCUT2D eigenvalue weighted by Gasteiger charge is 2.31. The normalized spacial score (nSPS) is 18.0. The monoisotopic (exact) mass is 296 g/mol. The van der Waals surface area contributed by atoms with Crippen molar-refractivity contribution in [2.24, 2.45) is 5.11 Å². The number of hydrazine groups is 1. The van der Waals surface area contributed by atoms with E-state index in [0.29, 0.717) is 0 Å². The molecule has 1 aliphatic rings. The average Bonchev–Trinajstić information content (AvgIpc) is 2.71. The van der Waals surface area contributed by atoms with Crippen LogP contribution in [0.4, 0.5) is 5.69 Å².